The first kappa shape index (κ1) is 14.9. The predicted octanol–water partition coefficient (Wildman–Crippen LogP) is 4.92. The highest BCUT2D eigenvalue weighted by molar-refractivity contribution is 7.08. The molecule has 0 fully saturated rings. The molecule has 0 saturated carbocycles. The summed E-state index contributed by atoms with van der Waals surface area (Å²) in [7, 11) is 0. The van der Waals surface area contributed by atoms with Crippen LogP contribution in [0.5, 0.6) is 0 Å². The number of amides is 1. The molecule has 0 unspecified atom stereocenters. The molecular weight excluding hydrogens is 314 g/mol. The summed E-state index contributed by atoms with van der Waals surface area (Å²) in [6, 6.07) is 14.5. The number of fused-ring (bicyclic) bond motifs is 1. The molecule has 1 amide bonds. The van der Waals surface area contributed by atoms with Crippen LogP contribution in [0.1, 0.15) is 32.6 Å². The van der Waals surface area contributed by atoms with Gasteiger partial charge in [0.2, 0.25) is 5.91 Å². The number of primary amides is 1. The number of thiophene rings is 1. The van der Waals surface area contributed by atoms with Crippen LogP contribution < -0.4 is 5.73 Å². The van der Waals surface area contributed by atoms with Gasteiger partial charge in [0, 0.05) is 5.56 Å². The normalized spacial score (nSPS) is 12.8. The Morgan fingerprint density at radius 3 is 2.50 bits per heavy atom. The van der Waals surface area contributed by atoms with Crippen LogP contribution in [0.2, 0.25) is 0 Å². The van der Waals surface area contributed by atoms with Gasteiger partial charge in [-0.25, -0.2) is 0 Å². The topological polar surface area (TPSA) is 43.1 Å². The first-order valence-corrected chi connectivity index (χ1v) is 8.83. The van der Waals surface area contributed by atoms with Crippen molar-refractivity contribution in [1.29, 1.82) is 0 Å². The van der Waals surface area contributed by atoms with Crippen molar-refractivity contribution in [2.24, 2.45) is 5.73 Å². The summed E-state index contributed by atoms with van der Waals surface area (Å²) in [5.74, 6) is -0.360. The van der Waals surface area contributed by atoms with Crippen molar-refractivity contribution in [2.75, 3.05) is 0 Å². The second kappa shape index (κ2) is 5.77. The van der Waals surface area contributed by atoms with E-state index < -0.39 is 0 Å². The van der Waals surface area contributed by atoms with Gasteiger partial charge in [0.05, 0.1) is 0 Å². The van der Waals surface area contributed by atoms with Gasteiger partial charge in [0.1, 0.15) is 0 Å². The van der Waals surface area contributed by atoms with E-state index in [-0.39, 0.29) is 5.91 Å². The van der Waals surface area contributed by atoms with Gasteiger partial charge in [-0.05, 0) is 75.7 Å². The van der Waals surface area contributed by atoms with E-state index in [1.54, 1.807) is 11.3 Å². The zero-order valence-corrected chi connectivity index (χ0v) is 14.2. The first-order valence-electron chi connectivity index (χ1n) is 7.89. The molecule has 0 bridgehead atoms. The minimum atomic E-state index is -0.360. The Morgan fingerprint density at radius 1 is 1.04 bits per heavy atom. The quantitative estimate of drug-likeness (QED) is 0.727. The number of nitrogens with two attached hydrogens (primary N) is 1. The molecule has 2 N–H and O–H groups in total. The van der Waals surface area contributed by atoms with Crippen LogP contribution in [0, 0.1) is 6.92 Å². The molecule has 4 rings (SSSR count). The van der Waals surface area contributed by atoms with Crippen molar-refractivity contribution >= 4 is 28.9 Å². The number of benzene rings is 2. The van der Waals surface area contributed by atoms with Crippen LogP contribution in [0.25, 0.3) is 22.8 Å². The zero-order valence-electron chi connectivity index (χ0n) is 13.4. The monoisotopic (exact) mass is 331 g/mol. The van der Waals surface area contributed by atoms with Crippen LogP contribution in [0.15, 0.2) is 53.2 Å². The minimum Gasteiger partial charge on any atom is -0.366 e. The molecule has 0 spiro atoms. The van der Waals surface area contributed by atoms with Gasteiger partial charge in [-0.2, -0.15) is 11.3 Å². The summed E-state index contributed by atoms with van der Waals surface area (Å²) in [6.45, 7) is 2.08. The van der Waals surface area contributed by atoms with Crippen molar-refractivity contribution in [3.05, 3.63) is 81.0 Å². The maximum atomic E-state index is 11.8. The smallest absolute Gasteiger partial charge is 0.249 e. The van der Waals surface area contributed by atoms with E-state index in [1.165, 1.54) is 27.8 Å². The molecule has 2 nitrogen and oxygen atoms in total. The molecule has 3 aromatic rings. The summed E-state index contributed by atoms with van der Waals surface area (Å²) in [5.41, 5.74) is 14.4. The summed E-state index contributed by atoms with van der Waals surface area (Å²) >= 11 is 1.68. The highest BCUT2D eigenvalue weighted by Gasteiger charge is 2.23. The van der Waals surface area contributed by atoms with Crippen LogP contribution in [-0.4, -0.2) is 5.91 Å². The largest absolute Gasteiger partial charge is 0.366 e. The predicted molar refractivity (Wildman–Crippen MR) is 101 cm³/mol. The van der Waals surface area contributed by atoms with Crippen LogP contribution in [0.3, 0.4) is 0 Å². The summed E-state index contributed by atoms with van der Waals surface area (Å²) in [6.07, 6.45) is 2.95. The second-order valence-electron chi connectivity index (χ2n) is 6.14. The molecular formula is C21H17NOS. The average molecular weight is 331 g/mol. The average Bonchev–Trinajstić information content (AvgIpc) is 3.24. The molecule has 118 valence electrons. The number of hydrogen-bond acceptors (Lipinski definition) is 2. The third-order valence-electron chi connectivity index (χ3n) is 4.56. The van der Waals surface area contributed by atoms with Gasteiger partial charge in [-0.15, -0.1) is 0 Å². The lowest BCUT2D eigenvalue weighted by molar-refractivity contribution is 0.0999. The number of hydrogen-bond donors (Lipinski definition) is 1. The first-order chi connectivity index (χ1) is 11.6. The van der Waals surface area contributed by atoms with Gasteiger partial charge < -0.3 is 5.73 Å². The van der Waals surface area contributed by atoms with Gasteiger partial charge in [0.15, 0.2) is 0 Å². The fraction of sp³-hybridized carbons (Fsp3) is 0.0952. The Hall–Kier alpha value is -2.65. The number of carbonyl (C=O) groups excluding carboxylic acids is 1. The van der Waals surface area contributed by atoms with Crippen LogP contribution in [0.4, 0.5) is 0 Å². The number of aryl methyl sites for hydroxylation is 1. The number of rotatable bonds is 3. The van der Waals surface area contributed by atoms with Crippen LogP contribution >= 0.6 is 11.3 Å². The molecule has 1 aliphatic rings. The highest BCUT2D eigenvalue weighted by atomic mass is 32.1. The van der Waals surface area contributed by atoms with E-state index in [0.717, 1.165) is 17.5 Å². The SMILES string of the molecule is Cc1ccc(C2=Cc3c(-c4ccsc4)ccc(C(N)=O)c3C2)cc1. The Morgan fingerprint density at radius 2 is 1.83 bits per heavy atom. The molecule has 1 aliphatic carbocycles. The Kier molecular flexibility index (Phi) is 3.58. The van der Waals surface area contributed by atoms with Gasteiger partial charge in [-0.1, -0.05) is 35.9 Å². The van der Waals surface area contributed by atoms with Gasteiger partial charge >= 0.3 is 0 Å². The van der Waals surface area contributed by atoms with Crippen molar-refractivity contribution in [2.45, 2.75) is 13.3 Å². The lowest BCUT2D eigenvalue weighted by atomic mass is 9.94. The van der Waals surface area contributed by atoms with E-state index >= 15 is 0 Å². The number of allylic oxidation sites excluding steroid dienone is 1. The fourth-order valence-corrected chi connectivity index (χ4v) is 3.94. The molecule has 1 heterocycles. The maximum absolute atomic E-state index is 11.8. The van der Waals surface area contributed by atoms with Crippen molar-refractivity contribution in [3.8, 4) is 11.1 Å². The standard InChI is InChI=1S/C21H17NOS/c1-13-2-4-14(5-3-13)16-10-19-17(15-8-9-24-12-15)6-7-18(21(22)23)20(19)11-16/h2-10,12H,11H2,1H3,(H2,22,23). The third kappa shape index (κ3) is 2.47. The molecule has 2 aromatic carbocycles. The summed E-state index contributed by atoms with van der Waals surface area (Å²) < 4.78 is 0. The number of carbonyl (C=O) groups is 1. The van der Waals surface area contributed by atoms with E-state index in [2.05, 4.69) is 54.1 Å². The molecule has 0 saturated heterocycles. The van der Waals surface area contributed by atoms with E-state index in [9.17, 15) is 4.79 Å². The van der Waals surface area contributed by atoms with Crippen molar-refractivity contribution in [1.82, 2.24) is 0 Å². The molecule has 0 aliphatic heterocycles. The van der Waals surface area contributed by atoms with Crippen LogP contribution in [-0.2, 0) is 6.42 Å². The van der Waals surface area contributed by atoms with Gasteiger partial charge in [0.25, 0.3) is 0 Å². The maximum Gasteiger partial charge on any atom is 0.249 e. The lowest BCUT2D eigenvalue weighted by Gasteiger charge is -2.10. The van der Waals surface area contributed by atoms with E-state index in [4.69, 9.17) is 5.73 Å². The third-order valence-corrected chi connectivity index (χ3v) is 5.25. The zero-order chi connectivity index (χ0) is 16.7. The molecule has 0 atom stereocenters. The summed E-state index contributed by atoms with van der Waals surface area (Å²) in [4.78, 5) is 11.8. The van der Waals surface area contributed by atoms with E-state index in [1.807, 2.05) is 12.1 Å². The Bertz CT molecular complexity index is 950. The lowest BCUT2D eigenvalue weighted by Crippen LogP contribution is -2.14. The van der Waals surface area contributed by atoms with Crippen molar-refractivity contribution < 1.29 is 4.79 Å². The molecule has 1 aromatic heterocycles. The molecule has 24 heavy (non-hydrogen) atoms. The van der Waals surface area contributed by atoms with E-state index in [0.29, 0.717) is 5.56 Å². The summed E-state index contributed by atoms with van der Waals surface area (Å²) in [5, 5.41) is 4.21. The van der Waals surface area contributed by atoms with Gasteiger partial charge in [-0.3, -0.25) is 4.79 Å². The Balaban J connectivity index is 1.87. The fourth-order valence-electron chi connectivity index (χ4n) is 3.29. The molecule has 3 heteroatoms. The molecule has 0 radical (unpaired) electrons. The Labute approximate surface area is 145 Å². The van der Waals surface area contributed by atoms with Crippen molar-refractivity contribution in [3.63, 3.8) is 0 Å². The highest BCUT2D eigenvalue weighted by Crippen LogP contribution is 2.39. The second-order valence-corrected chi connectivity index (χ2v) is 6.92. The minimum absolute atomic E-state index is 0.360.